The summed E-state index contributed by atoms with van der Waals surface area (Å²) in [6, 6.07) is 18.8. The Morgan fingerprint density at radius 3 is 2.44 bits per heavy atom. The Morgan fingerprint density at radius 2 is 1.78 bits per heavy atom. The first-order valence-corrected chi connectivity index (χ1v) is 12.6. The standard InChI is InChI=1S/C29H33Cl2NO4/c1-18-13-21(10-11-23(18)28(34)35)25-8-6-5-7-24(25)19(2)36-17-22(33)16-32-29(3,4)15-20-9-12-26(30)27(31)14-20/h5-14,19,22,32-33H,15-17H2,1-4H3,(H,34,35)/t19?,22-/m1/s1. The van der Waals surface area contributed by atoms with Gasteiger partial charge in [-0.25, -0.2) is 4.79 Å². The average molecular weight is 530 g/mol. The average Bonchev–Trinajstić information content (AvgIpc) is 2.83. The largest absolute Gasteiger partial charge is 0.478 e. The minimum atomic E-state index is -0.938. The Hall–Kier alpha value is -2.41. The zero-order valence-electron chi connectivity index (χ0n) is 21.0. The summed E-state index contributed by atoms with van der Waals surface area (Å²) < 4.78 is 6.04. The van der Waals surface area contributed by atoms with E-state index in [0.29, 0.717) is 27.7 Å². The summed E-state index contributed by atoms with van der Waals surface area (Å²) in [6.45, 7) is 8.42. The van der Waals surface area contributed by atoms with Crippen molar-refractivity contribution in [3.8, 4) is 11.1 Å². The van der Waals surface area contributed by atoms with Crippen LogP contribution in [0.2, 0.25) is 10.0 Å². The molecule has 0 saturated heterocycles. The van der Waals surface area contributed by atoms with Crippen LogP contribution in [0, 0.1) is 6.92 Å². The van der Waals surface area contributed by atoms with Gasteiger partial charge in [-0.2, -0.15) is 0 Å². The second-order valence-electron chi connectivity index (χ2n) is 9.74. The van der Waals surface area contributed by atoms with Crippen LogP contribution in [0.15, 0.2) is 60.7 Å². The zero-order valence-corrected chi connectivity index (χ0v) is 22.5. The zero-order chi connectivity index (χ0) is 26.5. The molecule has 192 valence electrons. The number of carboxylic acid groups (broad SMARTS) is 1. The Balaban J connectivity index is 1.59. The minimum absolute atomic E-state index is 0.169. The van der Waals surface area contributed by atoms with Crippen LogP contribution in [-0.4, -0.2) is 41.0 Å². The van der Waals surface area contributed by atoms with Crippen molar-refractivity contribution in [1.82, 2.24) is 5.32 Å². The number of nitrogens with one attached hydrogen (secondary N) is 1. The number of halogens is 2. The smallest absolute Gasteiger partial charge is 0.335 e. The van der Waals surface area contributed by atoms with Crippen molar-refractivity contribution in [3.05, 3.63) is 93.0 Å². The molecule has 0 aliphatic rings. The third-order valence-corrected chi connectivity index (χ3v) is 6.89. The van der Waals surface area contributed by atoms with Gasteiger partial charge in [0.2, 0.25) is 0 Å². The lowest BCUT2D eigenvalue weighted by Crippen LogP contribution is -2.46. The highest BCUT2D eigenvalue weighted by Crippen LogP contribution is 2.31. The molecule has 7 heteroatoms. The summed E-state index contributed by atoms with van der Waals surface area (Å²) in [4.78, 5) is 11.4. The molecule has 0 bridgehead atoms. The number of carbonyl (C=O) groups is 1. The number of rotatable bonds is 11. The lowest BCUT2D eigenvalue weighted by atomic mass is 9.94. The van der Waals surface area contributed by atoms with Crippen molar-refractivity contribution in [1.29, 1.82) is 0 Å². The molecule has 1 unspecified atom stereocenters. The summed E-state index contributed by atoms with van der Waals surface area (Å²) >= 11 is 12.1. The van der Waals surface area contributed by atoms with Crippen LogP contribution >= 0.6 is 23.2 Å². The molecule has 0 aliphatic carbocycles. The van der Waals surface area contributed by atoms with E-state index in [1.807, 2.05) is 55.5 Å². The van der Waals surface area contributed by atoms with Gasteiger partial charge >= 0.3 is 5.97 Å². The number of ether oxygens (including phenoxy) is 1. The number of benzene rings is 3. The van der Waals surface area contributed by atoms with E-state index in [9.17, 15) is 15.0 Å². The number of aliphatic hydroxyl groups excluding tert-OH is 1. The molecule has 3 aromatic rings. The fraction of sp³-hybridized carbons (Fsp3) is 0.345. The van der Waals surface area contributed by atoms with E-state index in [-0.39, 0.29) is 18.2 Å². The molecule has 0 aliphatic heterocycles. The molecule has 3 rings (SSSR count). The van der Waals surface area contributed by atoms with E-state index in [0.717, 1.165) is 28.7 Å². The molecule has 0 aromatic heterocycles. The quantitative estimate of drug-likeness (QED) is 0.257. The predicted molar refractivity (Wildman–Crippen MR) is 146 cm³/mol. The second kappa shape index (κ2) is 12.2. The van der Waals surface area contributed by atoms with Gasteiger partial charge in [-0.1, -0.05) is 65.7 Å². The molecule has 3 N–H and O–H groups in total. The van der Waals surface area contributed by atoms with Gasteiger partial charge in [-0.05, 0) is 80.1 Å². The van der Waals surface area contributed by atoms with Crippen molar-refractivity contribution in [2.45, 2.75) is 51.9 Å². The Morgan fingerprint density at radius 1 is 1.06 bits per heavy atom. The third kappa shape index (κ3) is 7.55. The number of aryl methyl sites for hydroxylation is 1. The number of aliphatic hydroxyl groups is 1. The van der Waals surface area contributed by atoms with Crippen molar-refractivity contribution >= 4 is 29.2 Å². The molecule has 2 atom stereocenters. The summed E-state index contributed by atoms with van der Waals surface area (Å²) in [5.41, 5.74) is 4.66. The molecule has 0 spiro atoms. The van der Waals surface area contributed by atoms with Gasteiger partial charge in [0, 0.05) is 12.1 Å². The van der Waals surface area contributed by atoms with E-state index >= 15 is 0 Å². The number of aromatic carboxylic acids is 1. The minimum Gasteiger partial charge on any atom is -0.478 e. The van der Waals surface area contributed by atoms with E-state index in [1.165, 1.54) is 0 Å². The van der Waals surface area contributed by atoms with Crippen LogP contribution in [-0.2, 0) is 11.2 Å². The van der Waals surface area contributed by atoms with Crippen LogP contribution in [0.1, 0.15) is 53.9 Å². The van der Waals surface area contributed by atoms with Gasteiger partial charge < -0.3 is 20.3 Å². The van der Waals surface area contributed by atoms with Crippen LogP contribution in [0.3, 0.4) is 0 Å². The maximum Gasteiger partial charge on any atom is 0.335 e. The first kappa shape index (κ1) is 28.2. The molecule has 0 saturated carbocycles. The Kier molecular flexibility index (Phi) is 9.56. The van der Waals surface area contributed by atoms with Crippen molar-refractivity contribution < 1.29 is 19.7 Å². The number of β-amino-alcohol motifs (C(OH)–C–C–N with tert-alkyl or cyclic N) is 1. The molecular formula is C29H33Cl2NO4. The van der Waals surface area contributed by atoms with Crippen LogP contribution in [0.5, 0.6) is 0 Å². The van der Waals surface area contributed by atoms with Gasteiger partial charge in [0.1, 0.15) is 0 Å². The molecule has 0 amide bonds. The van der Waals surface area contributed by atoms with E-state index in [2.05, 4.69) is 19.2 Å². The third-order valence-electron chi connectivity index (χ3n) is 6.15. The highest BCUT2D eigenvalue weighted by molar-refractivity contribution is 6.42. The van der Waals surface area contributed by atoms with Gasteiger partial charge in [-0.3, -0.25) is 0 Å². The first-order chi connectivity index (χ1) is 17.0. The maximum absolute atomic E-state index is 11.4. The molecular weight excluding hydrogens is 497 g/mol. The number of carboxylic acids is 1. The molecule has 3 aromatic carbocycles. The monoisotopic (exact) mass is 529 g/mol. The summed E-state index contributed by atoms with van der Waals surface area (Å²) in [7, 11) is 0. The molecule has 36 heavy (non-hydrogen) atoms. The summed E-state index contributed by atoms with van der Waals surface area (Å²) in [5, 5.41) is 24.4. The Bertz CT molecular complexity index is 1210. The first-order valence-electron chi connectivity index (χ1n) is 11.9. The van der Waals surface area contributed by atoms with Crippen LogP contribution in [0.25, 0.3) is 11.1 Å². The van der Waals surface area contributed by atoms with Crippen molar-refractivity contribution in [3.63, 3.8) is 0 Å². The van der Waals surface area contributed by atoms with Crippen LogP contribution in [0.4, 0.5) is 0 Å². The highest BCUT2D eigenvalue weighted by atomic mass is 35.5. The fourth-order valence-electron chi connectivity index (χ4n) is 4.21. The van der Waals surface area contributed by atoms with E-state index in [1.54, 1.807) is 19.1 Å². The molecule has 0 heterocycles. The van der Waals surface area contributed by atoms with Gasteiger partial charge in [0.25, 0.3) is 0 Å². The maximum atomic E-state index is 11.4. The Labute approximate surface area is 223 Å². The number of hydrogen-bond donors (Lipinski definition) is 3. The lowest BCUT2D eigenvalue weighted by molar-refractivity contribution is -0.00397. The molecule has 0 fully saturated rings. The van der Waals surface area contributed by atoms with Crippen LogP contribution < -0.4 is 5.32 Å². The number of hydrogen-bond acceptors (Lipinski definition) is 4. The van der Waals surface area contributed by atoms with Gasteiger partial charge in [0.15, 0.2) is 0 Å². The molecule has 0 radical (unpaired) electrons. The van der Waals surface area contributed by atoms with Gasteiger partial charge in [0.05, 0.1) is 34.4 Å². The highest BCUT2D eigenvalue weighted by Gasteiger charge is 2.21. The second-order valence-corrected chi connectivity index (χ2v) is 10.6. The topological polar surface area (TPSA) is 78.8 Å². The van der Waals surface area contributed by atoms with Crippen molar-refractivity contribution in [2.75, 3.05) is 13.2 Å². The van der Waals surface area contributed by atoms with Crippen molar-refractivity contribution in [2.24, 2.45) is 0 Å². The van der Waals surface area contributed by atoms with E-state index < -0.39 is 12.1 Å². The summed E-state index contributed by atoms with van der Waals surface area (Å²) in [6.07, 6.45) is -0.231. The summed E-state index contributed by atoms with van der Waals surface area (Å²) in [5.74, 6) is -0.938. The fourth-order valence-corrected chi connectivity index (χ4v) is 4.53. The van der Waals surface area contributed by atoms with E-state index in [4.69, 9.17) is 27.9 Å². The predicted octanol–water partition coefficient (Wildman–Crippen LogP) is 6.72. The molecule has 5 nitrogen and oxygen atoms in total. The van der Waals surface area contributed by atoms with Gasteiger partial charge in [-0.15, -0.1) is 0 Å². The SMILES string of the molecule is Cc1cc(-c2ccccc2C(C)OC[C@H](O)CNC(C)(C)Cc2ccc(Cl)c(Cl)c2)ccc1C(=O)O. The normalized spacial score (nSPS) is 13.4. The lowest BCUT2D eigenvalue weighted by Gasteiger charge is -2.28.